The quantitative estimate of drug-likeness (QED) is 0.464. The van der Waals surface area contributed by atoms with E-state index in [2.05, 4.69) is 27.3 Å². The number of unbranched alkanes of at least 4 members (excludes halogenated alkanes) is 4. The Bertz CT molecular complexity index is 1080. The summed E-state index contributed by atoms with van der Waals surface area (Å²) in [5, 5.41) is 1.05. The van der Waals surface area contributed by atoms with E-state index < -0.39 is 10.0 Å². The van der Waals surface area contributed by atoms with E-state index in [1.54, 1.807) is 0 Å². The van der Waals surface area contributed by atoms with Crippen LogP contribution in [0.15, 0.2) is 24.3 Å². The van der Waals surface area contributed by atoms with Crippen LogP contribution < -0.4 is 10.5 Å². The lowest BCUT2D eigenvalue weighted by Crippen LogP contribution is -2.23. The number of fused-ring (bicyclic) bond motifs is 3. The summed E-state index contributed by atoms with van der Waals surface area (Å²) in [6.45, 7) is 3.43. The first-order chi connectivity index (χ1) is 13.9. The topological polar surface area (TPSA) is 103 Å². The highest BCUT2D eigenvalue weighted by Gasteiger charge is 2.17. The van der Waals surface area contributed by atoms with Gasteiger partial charge in [-0.05, 0) is 25.3 Å². The predicted octanol–water partition coefficient (Wildman–Crippen LogP) is 3.62. The molecule has 8 heteroatoms. The van der Waals surface area contributed by atoms with Crippen molar-refractivity contribution < 1.29 is 8.42 Å². The molecule has 158 valence electrons. The minimum absolute atomic E-state index is 0.446. The number of pyridine rings is 1. The molecule has 0 bridgehead atoms. The maximum atomic E-state index is 11.3. The van der Waals surface area contributed by atoms with Crippen LogP contribution in [0.1, 0.15) is 51.3 Å². The van der Waals surface area contributed by atoms with E-state index >= 15 is 0 Å². The van der Waals surface area contributed by atoms with Crippen LogP contribution in [0.4, 0.5) is 5.82 Å². The lowest BCUT2D eigenvalue weighted by atomic mass is 10.1. The van der Waals surface area contributed by atoms with Gasteiger partial charge in [-0.3, -0.25) is 0 Å². The number of aromatic nitrogens is 3. The van der Waals surface area contributed by atoms with E-state index in [0.29, 0.717) is 12.4 Å². The second-order valence-corrected chi connectivity index (χ2v) is 9.41. The van der Waals surface area contributed by atoms with Gasteiger partial charge in [0.15, 0.2) is 5.82 Å². The number of imidazole rings is 1. The number of sulfonamides is 1. The van der Waals surface area contributed by atoms with Gasteiger partial charge >= 0.3 is 0 Å². The zero-order chi connectivity index (χ0) is 20.9. The molecule has 3 rings (SSSR count). The number of benzene rings is 1. The number of anilines is 1. The Hall–Kier alpha value is -2.19. The van der Waals surface area contributed by atoms with Crippen LogP contribution in [0.5, 0.6) is 0 Å². The fourth-order valence-electron chi connectivity index (χ4n) is 3.70. The van der Waals surface area contributed by atoms with Gasteiger partial charge in [-0.15, -0.1) is 0 Å². The normalized spacial score (nSPS) is 12.2. The average molecular weight is 418 g/mol. The van der Waals surface area contributed by atoms with Crippen LogP contribution in [-0.2, 0) is 23.0 Å². The Morgan fingerprint density at radius 1 is 1.07 bits per heavy atom. The van der Waals surface area contributed by atoms with Crippen molar-refractivity contribution in [2.24, 2.45) is 0 Å². The number of nitrogens with one attached hydrogen (secondary N) is 1. The van der Waals surface area contributed by atoms with Gasteiger partial charge in [-0.1, -0.05) is 44.4 Å². The summed E-state index contributed by atoms with van der Waals surface area (Å²) >= 11 is 0. The summed E-state index contributed by atoms with van der Waals surface area (Å²) in [5.41, 5.74) is 8.92. The average Bonchev–Trinajstić information content (AvgIpc) is 3.04. The summed E-state index contributed by atoms with van der Waals surface area (Å²) < 4.78 is 27.3. The number of hydrogen-bond acceptors (Lipinski definition) is 5. The second kappa shape index (κ2) is 9.54. The number of nitrogens with zero attached hydrogens (tertiary/aromatic N) is 3. The van der Waals surface area contributed by atoms with E-state index in [1.807, 2.05) is 18.2 Å². The van der Waals surface area contributed by atoms with Crippen LogP contribution in [0.25, 0.3) is 21.9 Å². The van der Waals surface area contributed by atoms with Crippen molar-refractivity contribution in [1.29, 1.82) is 0 Å². The Kier molecular flexibility index (Phi) is 7.08. The van der Waals surface area contributed by atoms with Crippen molar-refractivity contribution >= 4 is 37.8 Å². The highest BCUT2D eigenvalue weighted by atomic mass is 32.2. The van der Waals surface area contributed by atoms with E-state index in [1.165, 1.54) is 25.5 Å². The largest absolute Gasteiger partial charge is 0.382 e. The van der Waals surface area contributed by atoms with Crippen LogP contribution in [0, 0.1) is 0 Å². The molecule has 0 unspecified atom stereocenters. The summed E-state index contributed by atoms with van der Waals surface area (Å²) in [5.74, 6) is 1.50. The number of nitrogen functional groups attached to an aromatic ring is 1. The molecule has 0 fully saturated rings. The Morgan fingerprint density at radius 2 is 1.86 bits per heavy atom. The van der Waals surface area contributed by atoms with E-state index in [0.717, 1.165) is 60.0 Å². The third-order valence-electron chi connectivity index (χ3n) is 5.12. The number of hydrogen-bond donors (Lipinski definition) is 2. The zero-order valence-corrected chi connectivity index (χ0v) is 18.1. The van der Waals surface area contributed by atoms with Crippen molar-refractivity contribution in [3.63, 3.8) is 0 Å². The highest BCUT2D eigenvalue weighted by molar-refractivity contribution is 7.88. The molecule has 3 N–H and O–H groups in total. The second-order valence-electron chi connectivity index (χ2n) is 7.58. The molecule has 0 aliphatic carbocycles. The molecule has 0 saturated carbocycles. The molecule has 2 heterocycles. The third-order valence-corrected chi connectivity index (χ3v) is 5.84. The van der Waals surface area contributed by atoms with Crippen molar-refractivity contribution in [3.8, 4) is 0 Å². The molecule has 29 heavy (non-hydrogen) atoms. The van der Waals surface area contributed by atoms with Gasteiger partial charge in [0.2, 0.25) is 10.0 Å². The smallest absolute Gasteiger partial charge is 0.208 e. The monoisotopic (exact) mass is 417 g/mol. The highest BCUT2D eigenvalue weighted by Crippen LogP contribution is 2.29. The summed E-state index contributed by atoms with van der Waals surface area (Å²) in [4.78, 5) is 9.39. The standard InChI is InChI=1S/C21H31N5O2S/c1-3-4-5-6-13-18-25-19-20(16-11-7-8-12-17(16)24-21(19)22)26(18)15-10-9-14-23-29(2,27)28/h7-8,11-12,23H,3-6,9-10,13-15H2,1-2H3,(H2,22,24). The van der Waals surface area contributed by atoms with Gasteiger partial charge in [0, 0.05) is 24.9 Å². The Balaban J connectivity index is 1.90. The minimum atomic E-state index is -3.15. The molecule has 0 atom stereocenters. The number of rotatable bonds is 11. The van der Waals surface area contributed by atoms with Crippen LogP contribution in [0.2, 0.25) is 0 Å². The summed E-state index contributed by atoms with van der Waals surface area (Å²) in [6.07, 6.45) is 8.42. The molecular weight excluding hydrogens is 386 g/mol. The van der Waals surface area contributed by atoms with E-state index in [4.69, 9.17) is 10.7 Å². The van der Waals surface area contributed by atoms with Crippen molar-refractivity contribution in [2.75, 3.05) is 18.5 Å². The number of aryl methyl sites for hydroxylation is 2. The SMILES string of the molecule is CCCCCCc1nc2c(N)nc3ccccc3c2n1CCCCNS(C)(=O)=O. The van der Waals surface area contributed by atoms with Crippen molar-refractivity contribution in [2.45, 2.75) is 58.4 Å². The maximum absolute atomic E-state index is 11.3. The molecule has 0 saturated heterocycles. The first kappa shape index (κ1) is 21.5. The Morgan fingerprint density at radius 3 is 2.62 bits per heavy atom. The molecule has 1 aromatic carbocycles. The first-order valence-corrected chi connectivity index (χ1v) is 12.3. The van der Waals surface area contributed by atoms with Gasteiger partial charge < -0.3 is 10.3 Å². The van der Waals surface area contributed by atoms with Gasteiger partial charge in [0.05, 0.1) is 17.3 Å². The van der Waals surface area contributed by atoms with Crippen LogP contribution >= 0.6 is 0 Å². The van der Waals surface area contributed by atoms with Crippen LogP contribution in [0.3, 0.4) is 0 Å². The lowest BCUT2D eigenvalue weighted by molar-refractivity contribution is 0.562. The molecule has 7 nitrogen and oxygen atoms in total. The maximum Gasteiger partial charge on any atom is 0.208 e. The summed E-state index contributed by atoms with van der Waals surface area (Å²) in [7, 11) is -3.15. The van der Waals surface area contributed by atoms with Crippen LogP contribution in [-0.4, -0.2) is 35.8 Å². The van der Waals surface area contributed by atoms with Gasteiger partial charge in [0.1, 0.15) is 11.3 Å². The molecule has 2 aromatic heterocycles. The van der Waals surface area contributed by atoms with E-state index in [9.17, 15) is 8.42 Å². The molecule has 0 radical (unpaired) electrons. The summed E-state index contributed by atoms with van der Waals surface area (Å²) in [6, 6.07) is 8.01. The van der Waals surface area contributed by atoms with Gasteiger partial charge in [-0.25, -0.2) is 23.1 Å². The minimum Gasteiger partial charge on any atom is -0.382 e. The fourth-order valence-corrected chi connectivity index (χ4v) is 4.21. The number of nitrogens with two attached hydrogens (primary N) is 1. The first-order valence-electron chi connectivity index (χ1n) is 10.4. The molecule has 0 aliphatic rings. The van der Waals surface area contributed by atoms with Crippen molar-refractivity contribution in [1.82, 2.24) is 19.3 Å². The predicted molar refractivity (Wildman–Crippen MR) is 119 cm³/mol. The Labute approximate surface area is 172 Å². The number of para-hydroxylation sites is 1. The van der Waals surface area contributed by atoms with E-state index in [-0.39, 0.29) is 0 Å². The molecular formula is C21H31N5O2S. The molecule has 0 spiro atoms. The van der Waals surface area contributed by atoms with Crippen molar-refractivity contribution in [3.05, 3.63) is 30.1 Å². The molecule has 3 aromatic rings. The zero-order valence-electron chi connectivity index (χ0n) is 17.3. The van der Waals surface area contributed by atoms with Gasteiger partial charge in [0.25, 0.3) is 0 Å². The molecule has 0 amide bonds. The van der Waals surface area contributed by atoms with Gasteiger partial charge in [-0.2, -0.15) is 0 Å². The fraction of sp³-hybridized carbons (Fsp3) is 0.524. The lowest BCUT2D eigenvalue weighted by Gasteiger charge is -2.11. The molecule has 0 aliphatic heterocycles. The third kappa shape index (κ3) is 5.45.